The Labute approximate surface area is 211 Å². The minimum Gasteiger partial charge on any atom is -0.340 e. The first-order valence-electron chi connectivity index (χ1n) is 12.6. The Morgan fingerprint density at radius 2 is 1.69 bits per heavy atom. The maximum atomic E-state index is 13.8. The minimum absolute atomic E-state index is 0.0407. The SMILES string of the molecule is C=C(Nc1nc(-c2ccccc2C(F)(F)F)cc2c1CCCC2)c1cc(F)ccc1C.CCCCC. The summed E-state index contributed by atoms with van der Waals surface area (Å²) >= 11 is 0. The highest BCUT2D eigenvalue weighted by molar-refractivity contribution is 5.79. The van der Waals surface area contributed by atoms with E-state index >= 15 is 0 Å². The Balaban J connectivity index is 0.000000658. The molecule has 0 bridgehead atoms. The number of fused-ring (bicyclic) bond motifs is 1. The van der Waals surface area contributed by atoms with E-state index in [1.54, 1.807) is 18.2 Å². The molecule has 2 aromatic carbocycles. The molecule has 1 N–H and O–H groups in total. The van der Waals surface area contributed by atoms with Crippen molar-refractivity contribution in [2.75, 3.05) is 5.32 Å². The first-order valence-corrected chi connectivity index (χ1v) is 12.6. The largest absolute Gasteiger partial charge is 0.417 e. The van der Waals surface area contributed by atoms with Crippen molar-refractivity contribution in [3.05, 3.63) is 88.7 Å². The molecule has 0 saturated heterocycles. The first-order chi connectivity index (χ1) is 17.2. The lowest BCUT2D eigenvalue weighted by Gasteiger charge is -2.23. The van der Waals surface area contributed by atoms with Crippen LogP contribution < -0.4 is 5.32 Å². The molecule has 0 unspecified atom stereocenters. The third kappa shape index (κ3) is 6.74. The van der Waals surface area contributed by atoms with Crippen LogP contribution in [0.25, 0.3) is 17.0 Å². The number of hydrogen-bond donors (Lipinski definition) is 1. The Morgan fingerprint density at radius 3 is 2.36 bits per heavy atom. The second-order valence-electron chi connectivity index (χ2n) is 9.16. The molecule has 0 aliphatic heterocycles. The number of rotatable bonds is 6. The van der Waals surface area contributed by atoms with Crippen molar-refractivity contribution in [3.63, 3.8) is 0 Å². The second kappa shape index (κ2) is 12.2. The van der Waals surface area contributed by atoms with Gasteiger partial charge in [-0.1, -0.05) is 64.0 Å². The van der Waals surface area contributed by atoms with Gasteiger partial charge in [0.1, 0.15) is 11.6 Å². The van der Waals surface area contributed by atoms with Gasteiger partial charge in [-0.15, -0.1) is 0 Å². The van der Waals surface area contributed by atoms with E-state index in [2.05, 4.69) is 30.7 Å². The van der Waals surface area contributed by atoms with Crippen molar-refractivity contribution in [1.29, 1.82) is 0 Å². The lowest BCUT2D eigenvalue weighted by molar-refractivity contribution is -0.137. The predicted molar refractivity (Wildman–Crippen MR) is 140 cm³/mol. The highest BCUT2D eigenvalue weighted by Gasteiger charge is 2.34. The molecule has 1 heterocycles. The number of hydrogen-bond acceptors (Lipinski definition) is 2. The molecule has 0 fully saturated rings. The summed E-state index contributed by atoms with van der Waals surface area (Å²) in [6.45, 7) is 10.3. The van der Waals surface area contributed by atoms with Crippen molar-refractivity contribution in [1.82, 2.24) is 4.98 Å². The van der Waals surface area contributed by atoms with Gasteiger partial charge >= 0.3 is 6.18 Å². The molecule has 1 aliphatic carbocycles. The molecule has 192 valence electrons. The van der Waals surface area contributed by atoms with Gasteiger partial charge in [0.2, 0.25) is 0 Å². The van der Waals surface area contributed by atoms with Crippen LogP contribution in [0.15, 0.2) is 55.1 Å². The molecule has 36 heavy (non-hydrogen) atoms. The zero-order valence-corrected chi connectivity index (χ0v) is 21.2. The number of aryl methyl sites for hydroxylation is 2. The van der Waals surface area contributed by atoms with Gasteiger partial charge in [0.25, 0.3) is 0 Å². The van der Waals surface area contributed by atoms with Crippen LogP contribution in [0.1, 0.15) is 73.8 Å². The van der Waals surface area contributed by atoms with E-state index in [4.69, 9.17) is 0 Å². The van der Waals surface area contributed by atoms with Gasteiger partial charge in [0, 0.05) is 16.8 Å². The van der Waals surface area contributed by atoms with E-state index in [9.17, 15) is 17.6 Å². The highest BCUT2D eigenvalue weighted by atomic mass is 19.4. The van der Waals surface area contributed by atoms with Crippen LogP contribution in [0.3, 0.4) is 0 Å². The maximum Gasteiger partial charge on any atom is 0.417 e. The van der Waals surface area contributed by atoms with Crippen LogP contribution in [0.2, 0.25) is 0 Å². The van der Waals surface area contributed by atoms with Gasteiger partial charge in [-0.3, -0.25) is 0 Å². The third-order valence-corrected chi connectivity index (χ3v) is 6.35. The van der Waals surface area contributed by atoms with Gasteiger partial charge in [-0.2, -0.15) is 13.2 Å². The number of pyridine rings is 1. The molecule has 2 nitrogen and oxygen atoms in total. The molecule has 4 rings (SSSR count). The van der Waals surface area contributed by atoms with Gasteiger partial charge in [-0.05, 0) is 73.6 Å². The molecule has 3 aromatic rings. The number of nitrogens with one attached hydrogen (secondary N) is 1. The molecule has 0 saturated carbocycles. The summed E-state index contributed by atoms with van der Waals surface area (Å²) in [6.07, 6.45) is 3.10. The molecule has 0 radical (unpaired) electrons. The lowest BCUT2D eigenvalue weighted by Crippen LogP contribution is -2.12. The van der Waals surface area contributed by atoms with Crippen molar-refractivity contribution >= 4 is 11.5 Å². The van der Waals surface area contributed by atoms with E-state index in [0.29, 0.717) is 17.1 Å². The minimum atomic E-state index is -4.48. The fourth-order valence-corrected chi connectivity index (χ4v) is 4.42. The Morgan fingerprint density at radius 1 is 1.00 bits per heavy atom. The molecule has 0 amide bonds. The summed E-state index contributed by atoms with van der Waals surface area (Å²) < 4.78 is 54.6. The van der Waals surface area contributed by atoms with Gasteiger partial charge in [0.05, 0.1) is 11.3 Å². The smallest absolute Gasteiger partial charge is 0.340 e. The highest BCUT2D eigenvalue weighted by Crippen LogP contribution is 2.39. The standard InChI is InChI=1S/C25H22F4N2.C5H12/c1-15-11-12-18(26)14-21(15)16(2)30-24-19-8-4-3-7-17(19)13-23(31-24)20-9-5-6-10-22(20)25(27,28)29;1-3-5-4-2/h5-6,9-14H,2-4,7-8H2,1H3,(H,30,31);3-5H2,1-2H3. The van der Waals surface area contributed by atoms with Crippen LogP contribution in [0.4, 0.5) is 23.4 Å². The number of aromatic nitrogens is 1. The van der Waals surface area contributed by atoms with Crippen LogP contribution >= 0.6 is 0 Å². The van der Waals surface area contributed by atoms with Gasteiger partial charge in [-0.25, -0.2) is 9.37 Å². The molecule has 1 aromatic heterocycles. The summed E-state index contributed by atoms with van der Waals surface area (Å²) in [4.78, 5) is 4.58. The molecule has 0 spiro atoms. The summed E-state index contributed by atoms with van der Waals surface area (Å²) in [5, 5.41) is 3.17. The van der Waals surface area contributed by atoms with E-state index in [0.717, 1.165) is 48.4 Å². The summed E-state index contributed by atoms with van der Waals surface area (Å²) in [5.41, 5.74) is 3.45. The zero-order valence-electron chi connectivity index (χ0n) is 21.2. The van der Waals surface area contributed by atoms with Crippen LogP contribution in [-0.2, 0) is 19.0 Å². The maximum absolute atomic E-state index is 13.8. The topological polar surface area (TPSA) is 24.9 Å². The quantitative estimate of drug-likeness (QED) is 0.343. The van der Waals surface area contributed by atoms with Crippen molar-refractivity contribution in [2.24, 2.45) is 0 Å². The number of anilines is 1. The van der Waals surface area contributed by atoms with Crippen molar-refractivity contribution < 1.29 is 17.6 Å². The number of alkyl halides is 3. The average molecular weight is 499 g/mol. The fourth-order valence-electron chi connectivity index (χ4n) is 4.42. The first kappa shape index (κ1) is 27.4. The van der Waals surface area contributed by atoms with Crippen LogP contribution in [0, 0.1) is 12.7 Å². The summed E-state index contributed by atoms with van der Waals surface area (Å²) in [6, 6.07) is 11.7. The van der Waals surface area contributed by atoms with E-state index in [-0.39, 0.29) is 17.1 Å². The Hall–Kier alpha value is -3.15. The van der Waals surface area contributed by atoms with Gasteiger partial charge < -0.3 is 5.32 Å². The average Bonchev–Trinajstić information content (AvgIpc) is 2.85. The number of nitrogens with zero attached hydrogens (tertiary/aromatic N) is 1. The summed E-state index contributed by atoms with van der Waals surface area (Å²) in [7, 11) is 0. The summed E-state index contributed by atoms with van der Waals surface area (Å²) in [5.74, 6) is 0.101. The van der Waals surface area contributed by atoms with Crippen LogP contribution in [-0.4, -0.2) is 4.98 Å². The van der Waals surface area contributed by atoms with E-state index in [1.165, 1.54) is 43.5 Å². The molecule has 1 aliphatic rings. The van der Waals surface area contributed by atoms with Crippen molar-refractivity contribution in [2.45, 2.75) is 71.9 Å². The van der Waals surface area contributed by atoms with Gasteiger partial charge in [0.15, 0.2) is 0 Å². The predicted octanol–water partition coefficient (Wildman–Crippen LogP) is 9.37. The molecule has 0 atom stereocenters. The normalized spacial score (nSPS) is 12.9. The Bertz CT molecular complexity index is 1200. The van der Waals surface area contributed by atoms with Crippen LogP contribution in [0.5, 0.6) is 0 Å². The lowest BCUT2D eigenvalue weighted by atomic mass is 9.90. The van der Waals surface area contributed by atoms with Crippen molar-refractivity contribution in [3.8, 4) is 11.3 Å². The number of halogens is 4. The fraction of sp³-hybridized carbons (Fsp3) is 0.367. The molecular weight excluding hydrogens is 464 g/mol. The zero-order chi connectivity index (χ0) is 26.3. The molecular formula is C30H34F4N2. The van der Waals surface area contributed by atoms with E-state index in [1.807, 2.05) is 6.92 Å². The van der Waals surface area contributed by atoms with E-state index < -0.39 is 11.7 Å². The monoisotopic (exact) mass is 498 g/mol. The third-order valence-electron chi connectivity index (χ3n) is 6.35. The number of benzene rings is 2. The molecule has 6 heteroatoms. The second-order valence-corrected chi connectivity index (χ2v) is 9.16. The number of unbranched alkanes of at least 4 members (excludes halogenated alkanes) is 2. The Kier molecular flexibility index (Phi) is 9.30.